The first-order chi connectivity index (χ1) is 9.65. The van der Waals surface area contributed by atoms with Gasteiger partial charge in [-0.05, 0) is 31.0 Å². The maximum atomic E-state index is 12.4. The van der Waals surface area contributed by atoms with Crippen molar-refractivity contribution in [3.05, 3.63) is 34.9 Å². The third-order valence-electron chi connectivity index (χ3n) is 3.58. The van der Waals surface area contributed by atoms with Gasteiger partial charge in [0.2, 0.25) is 0 Å². The standard InChI is InChI=1S/C16H20N2O2/c1-12-5-6-14(10-13(12)4-3-8-17)16(19)18-9-7-15(11-18)20-2/h5-6,10,15H,7-9,11,17H2,1-2H3. The number of hydrogen-bond donors (Lipinski definition) is 1. The lowest BCUT2D eigenvalue weighted by molar-refractivity contribution is 0.0724. The molecule has 1 unspecified atom stereocenters. The smallest absolute Gasteiger partial charge is 0.253 e. The van der Waals surface area contributed by atoms with Crippen molar-refractivity contribution in [2.24, 2.45) is 5.73 Å². The Morgan fingerprint density at radius 2 is 2.35 bits per heavy atom. The number of aryl methyl sites for hydroxylation is 1. The van der Waals surface area contributed by atoms with Crippen LogP contribution in [0, 0.1) is 18.8 Å². The lowest BCUT2D eigenvalue weighted by Crippen LogP contribution is -2.30. The van der Waals surface area contributed by atoms with Crippen LogP contribution < -0.4 is 5.73 Å². The minimum Gasteiger partial charge on any atom is -0.380 e. The van der Waals surface area contributed by atoms with E-state index in [1.54, 1.807) is 7.11 Å². The molecule has 0 bridgehead atoms. The van der Waals surface area contributed by atoms with Gasteiger partial charge in [-0.2, -0.15) is 0 Å². The molecule has 4 heteroatoms. The summed E-state index contributed by atoms with van der Waals surface area (Å²) in [7, 11) is 1.69. The summed E-state index contributed by atoms with van der Waals surface area (Å²) in [5, 5.41) is 0. The van der Waals surface area contributed by atoms with Gasteiger partial charge in [0.1, 0.15) is 0 Å². The van der Waals surface area contributed by atoms with Crippen LogP contribution in [-0.4, -0.2) is 43.7 Å². The van der Waals surface area contributed by atoms with E-state index in [-0.39, 0.29) is 12.0 Å². The van der Waals surface area contributed by atoms with Crippen LogP contribution in [0.4, 0.5) is 0 Å². The highest BCUT2D eigenvalue weighted by molar-refractivity contribution is 5.95. The Hall–Kier alpha value is -1.83. The number of likely N-dealkylation sites (tertiary alicyclic amines) is 1. The topological polar surface area (TPSA) is 55.6 Å². The number of rotatable bonds is 2. The van der Waals surface area contributed by atoms with E-state index in [4.69, 9.17) is 10.5 Å². The van der Waals surface area contributed by atoms with Crippen LogP contribution in [0.1, 0.15) is 27.9 Å². The zero-order valence-corrected chi connectivity index (χ0v) is 12.0. The van der Waals surface area contributed by atoms with Gasteiger partial charge in [-0.25, -0.2) is 0 Å². The molecule has 1 amide bonds. The van der Waals surface area contributed by atoms with E-state index in [2.05, 4.69) is 11.8 Å². The van der Waals surface area contributed by atoms with Gasteiger partial charge in [0.05, 0.1) is 12.6 Å². The van der Waals surface area contributed by atoms with Crippen molar-refractivity contribution in [1.29, 1.82) is 0 Å². The molecule has 1 heterocycles. The second-order valence-electron chi connectivity index (χ2n) is 4.93. The molecule has 106 valence electrons. The Balaban J connectivity index is 2.18. The summed E-state index contributed by atoms with van der Waals surface area (Å²) in [6.07, 6.45) is 1.05. The van der Waals surface area contributed by atoms with Crippen molar-refractivity contribution in [3.63, 3.8) is 0 Å². The number of methoxy groups -OCH3 is 1. The van der Waals surface area contributed by atoms with E-state index in [0.717, 1.165) is 24.1 Å². The largest absolute Gasteiger partial charge is 0.380 e. The highest BCUT2D eigenvalue weighted by Crippen LogP contribution is 2.17. The third kappa shape index (κ3) is 3.19. The SMILES string of the molecule is COC1CCN(C(=O)c2ccc(C)c(C#CCN)c2)C1. The molecule has 0 saturated carbocycles. The summed E-state index contributed by atoms with van der Waals surface area (Å²) in [4.78, 5) is 14.3. The molecule has 1 aliphatic heterocycles. The van der Waals surface area contributed by atoms with E-state index >= 15 is 0 Å². The molecule has 20 heavy (non-hydrogen) atoms. The predicted octanol–water partition coefficient (Wildman–Crippen LogP) is 1.17. The van der Waals surface area contributed by atoms with Crippen molar-refractivity contribution in [2.45, 2.75) is 19.4 Å². The fourth-order valence-electron chi connectivity index (χ4n) is 2.32. The molecule has 1 fully saturated rings. The maximum absolute atomic E-state index is 12.4. The molecular formula is C16H20N2O2. The molecule has 1 aliphatic rings. The van der Waals surface area contributed by atoms with Crippen LogP contribution in [0.5, 0.6) is 0 Å². The van der Waals surface area contributed by atoms with Gasteiger partial charge >= 0.3 is 0 Å². The summed E-state index contributed by atoms with van der Waals surface area (Å²) in [6.45, 7) is 3.70. The molecule has 4 nitrogen and oxygen atoms in total. The van der Waals surface area contributed by atoms with Crippen molar-refractivity contribution in [3.8, 4) is 11.8 Å². The number of carbonyl (C=O) groups excluding carboxylic acids is 1. The average molecular weight is 272 g/mol. The molecule has 0 radical (unpaired) electrons. The van der Waals surface area contributed by atoms with E-state index in [1.807, 2.05) is 30.0 Å². The highest BCUT2D eigenvalue weighted by Gasteiger charge is 2.26. The highest BCUT2D eigenvalue weighted by atomic mass is 16.5. The van der Waals surface area contributed by atoms with Crippen LogP contribution in [0.25, 0.3) is 0 Å². The van der Waals surface area contributed by atoms with Crippen LogP contribution in [0.3, 0.4) is 0 Å². The first-order valence-corrected chi connectivity index (χ1v) is 6.77. The zero-order chi connectivity index (χ0) is 14.5. The summed E-state index contributed by atoms with van der Waals surface area (Å²) in [5.74, 6) is 5.88. The fourth-order valence-corrected chi connectivity index (χ4v) is 2.32. The van der Waals surface area contributed by atoms with E-state index in [1.165, 1.54) is 0 Å². The Morgan fingerprint density at radius 3 is 3.00 bits per heavy atom. The molecule has 1 aromatic rings. The zero-order valence-electron chi connectivity index (χ0n) is 12.0. The number of amides is 1. The normalized spacial score (nSPS) is 17.8. The van der Waals surface area contributed by atoms with Crippen LogP contribution in [0.15, 0.2) is 18.2 Å². The number of hydrogen-bond acceptors (Lipinski definition) is 3. The maximum Gasteiger partial charge on any atom is 0.253 e. The molecule has 1 aromatic carbocycles. The van der Waals surface area contributed by atoms with Gasteiger partial charge in [-0.3, -0.25) is 4.79 Å². The van der Waals surface area contributed by atoms with E-state index in [0.29, 0.717) is 18.7 Å². The molecule has 1 atom stereocenters. The van der Waals surface area contributed by atoms with Crippen molar-refractivity contribution in [1.82, 2.24) is 4.90 Å². The first-order valence-electron chi connectivity index (χ1n) is 6.77. The number of nitrogens with two attached hydrogens (primary N) is 1. The monoisotopic (exact) mass is 272 g/mol. The second kappa shape index (κ2) is 6.56. The number of ether oxygens (including phenoxy) is 1. The minimum atomic E-state index is 0.0420. The molecule has 2 rings (SSSR count). The Morgan fingerprint density at radius 1 is 1.55 bits per heavy atom. The van der Waals surface area contributed by atoms with Crippen molar-refractivity contribution < 1.29 is 9.53 Å². The molecular weight excluding hydrogens is 252 g/mol. The molecule has 0 spiro atoms. The molecule has 0 aliphatic carbocycles. The van der Waals surface area contributed by atoms with Gasteiger partial charge in [0.25, 0.3) is 5.91 Å². The van der Waals surface area contributed by atoms with Gasteiger partial charge in [-0.1, -0.05) is 17.9 Å². The van der Waals surface area contributed by atoms with Crippen LogP contribution >= 0.6 is 0 Å². The lowest BCUT2D eigenvalue weighted by atomic mass is 10.0. The van der Waals surface area contributed by atoms with E-state index in [9.17, 15) is 4.79 Å². The molecule has 1 saturated heterocycles. The lowest BCUT2D eigenvalue weighted by Gasteiger charge is -2.16. The minimum absolute atomic E-state index is 0.0420. The summed E-state index contributed by atoms with van der Waals surface area (Å²) in [5.41, 5.74) is 7.99. The summed E-state index contributed by atoms with van der Waals surface area (Å²) < 4.78 is 5.29. The van der Waals surface area contributed by atoms with Gasteiger partial charge in [-0.15, -0.1) is 0 Å². The third-order valence-corrected chi connectivity index (χ3v) is 3.58. The second-order valence-corrected chi connectivity index (χ2v) is 4.93. The predicted molar refractivity (Wildman–Crippen MR) is 78.4 cm³/mol. The van der Waals surface area contributed by atoms with Crippen molar-refractivity contribution >= 4 is 5.91 Å². The van der Waals surface area contributed by atoms with Gasteiger partial charge in [0, 0.05) is 31.3 Å². The number of carbonyl (C=O) groups is 1. The quantitative estimate of drug-likeness (QED) is 0.822. The molecule has 0 aromatic heterocycles. The summed E-state index contributed by atoms with van der Waals surface area (Å²) >= 11 is 0. The number of benzene rings is 1. The van der Waals surface area contributed by atoms with Crippen LogP contribution in [-0.2, 0) is 4.74 Å². The fraction of sp³-hybridized carbons (Fsp3) is 0.438. The Kier molecular flexibility index (Phi) is 4.78. The first kappa shape index (κ1) is 14.6. The van der Waals surface area contributed by atoms with Crippen LogP contribution in [0.2, 0.25) is 0 Å². The van der Waals surface area contributed by atoms with Crippen molar-refractivity contribution in [2.75, 3.05) is 26.7 Å². The van der Waals surface area contributed by atoms with Gasteiger partial charge < -0.3 is 15.4 Å². The molecule has 2 N–H and O–H groups in total. The van der Waals surface area contributed by atoms with Gasteiger partial charge in [0.15, 0.2) is 0 Å². The Labute approximate surface area is 119 Å². The number of nitrogens with zero attached hydrogens (tertiary/aromatic N) is 1. The average Bonchev–Trinajstić information content (AvgIpc) is 2.94. The van der Waals surface area contributed by atoms with E-state index < -0.39 is 0 Å². The summed E-state index contributed by atoms with van der Waals surface area (Å²) in [6, 6.07) is 5.63. The Bertz CT molecular complexity index is 557.